The van der Waals surface area contributed by atoms with Gasteiger partial charge in [0.2, 0.25) is 10.0 Å². The van der Waals surface area contributed by atoms with Gasteiger partial charge in [-0.05, 0) is 18.6 Å². The molecule has 6 heteroatoms. The maximum atomic E-state index is 12.4. The number of anilines is 1. The number of hydrogen-bond donors (Lipinski definition) is 2. The first kappa shape index (κ1) is 15.9. The van der Waals surface area contributed by atoms with Crippen LogP contribution in [0.3, 0.4) is 0 Å². The zero-order chi connectivity index (χ0) is 14.3. The van der Waals surface area contributed by atoms with E-state index in [4.69, 9.17) is 4.74 Å². The van der Waals surface area contributed by atoms with E-state index in [-0.39, 0.29) is 10.9 Å². The van der Waals surface area contributed by atoms with Gasteiger partial charge in [-0.3, -0.25) is 0 Å². The van der Waals surface area contributed by atoms with Crippen LogP contribution in [0.5, 0.6) is 0 Å². The highest BCUT2D eigenvalue weighted by Crippen LogP contribution is 2.20. The standard InChI is InChI=1S/C13H22N2O3S/c1-4-7-11(10-18-3)15-19(16,17)13-9-6-5-8-12(13)14-2/h5-6,8-9,11,14-15H,4,7,10H2,1-3H3. The van der Waals surface area contributed by atoms with Crippen LogP contribution in [0, 0.1) is 0 Å². The number of nitrogens with one attached hydrogen (secondary N) is 2. The van der Waals surface area contributed by atoms with Gasteiger partial charge in [-0.2, -0.15) is 0 Å². The van der Waals surface area contributed by atoms with Crippen molar-refractivity contribution in [3.05, 3.63) is 24.3 Å². The molecule has 0 aliphatic heterocycles. The van der Waals surface area contributed by atoms with Crippen molar-refractivity contribution in [1.29, 1.82) is 0 Å². The SMILES string of the molecule is CCCC(COC)NS(=O)(=O)c1ccccc1NC. The number of ether oxygens (including phenoxy) is 1. The van der Waals surface area contributed by atoms with Crippen molar-refractivity contribution in [2.45, 2.75) is 30.7 Å². The molecule has 0 spiro atoms. The summed E-state index contributed by atoms with van der Waals surface area (Å²) in [5.41, 5.74) is 0.586. The number of methoxy groups -OCH3 is 1. The maximum Gasteiger partial charge on any atom is 0.242 e. The molecule has 1 atom stereocenters. The molecule has 5 nitrogen and oxygen atoms in total. The van der Waals surface area contributed by atoms with Gasteiger partial charge in [0.05, 0.1) is 12.3 Å². The molecule has 19 heavy (non-hydrogen) atoms. The van der Waals surface area contributed by atoms with Crippen molar-refractivity contribution in [3.63, 3.8) is 0 Å². The summed E-state index contributed by atoms with van der Waals surface area (Å²) in [6, 6.07) is 6.62. The topological polar surface area (TPSA) is 67.4 Å². The molecule has 0 aliphatic rings. The highest BCUT2D eigenvalue weighted by Gasteiger charge is 2.21. The summed E-state index contributed by atoms with van der Waals surface area (Å²) in [6.45, 7) is 2.38. The van der Waals surface area contributed by atoms with E-state index in [1.54, 1.807) is 38.4 Å². The smallest absolute Gasteiger partial charge is 0.242 e. The van der Waals surface area contributed by atoms with Crippen molar-refractivity contribution in [3.8, 4) is 0 Å². The number of para-hydroxylation sites is 1. The molecule has 108 valence electrons. The molecule has 1 rings (SSSR count). The van der Waals surface area contributed by atoms with E-state index in [9.17, 15) is 8.42 Å². The second kappa shape index (κ2) is 7.47. The van der Waals surface area contributed by atoms with E-state index in [1.165, 1.54) is 0 Å². The Kier molecular flexibility index (Phi) is 6.27. The van der Waals surface area contributed by atoms with Crippen molar-refractivity contribution in [1.82, 2.24) is 4.72 Å². The molecule has 0 saturated heterocycles. The monoisotopic (exact) mass is 286 g/mol. The molecule has 1 unspecified atom stereocenters. The van der Waals surface area contributed by atoms with E-state index in [0.717, 1.165) is 12.8 Å². The van der Waals surface area contributed by atoms with Crippen LogP contribution in [0.25, 0.3) is 0 Å². The molecule has 2 N–H and O–H groups in total. The molecular weight excluding hydrogens is 264 g/mol. The quantitative estimate of drug-likeness (QED) is 0.765. The molecule has 0 radical (unpaired) electrons. The Bertz CT molecular complexity index is 482. The van der Waals surface area contributed by atoms with Crippen LogP contribution in [0.1, 0.15) is 19.8 Å². The van der Waals surface area contributed by atoms with E-state index in [1.807, 2.05) is 6.92 Å². The Morgan fingerprint density at radius 2 is 2.00 bits per heavy atom. The Morgan fingerprint density at radius 3 is 2.58 bits per heavy atom. The number of hydrogen-bond acceptors (Lipinski definition) is 4. The van der Waals surface area contributed by atoms with Crippen LogP contribution >= 0.6 is 0 Å². The second-order valence-electron chi connectivity index (χ2n) is 4.31. The molecule has 0 aliphatic carbocycles. The van der Waals surface area contributed by atoms with Gasteiger partial charge in [-0.25, -0.2) is 13.1 Å². The van der Waals surface area contributed by atoms with E-state index in [0.29, 0.717) is 12.3 Å². The number of benzene rings is 1. The average molecular weight is 286 g/mol. The number of rotatable bonds is 8. The summed E-state index contributed by atoms with van der Waals surface area (Å²) in [4.78, 5) is 0.259. The molecule has 1 aromatic rings. The summed E-state index contributed by atoms with van der Waals surface area (Å²) in [6.07, 6.45) is 1.64. The van der Waals surface area contributed by atoms with E-state index in [2.05, 4.69) is 10.0 Å². The summed E-state index contributed by atoms with van der Waals surface area (Å²) >= 11 is 0. The third-order valence-corrected chi connectivity index (χ3v) is 4.35. The minimum atomic E-state index is -3.54. The normalized spacial score (nSPS) is 13.2. The molecule has 0 heterocycles. The lowest BCUT2D eigenvalue weighted by Gasteiger charge is -2.18. The van der Waals surface area contributed by atoms with Crippen molar-refractivity contribution >= 4 is 15.7 Å². The number of sulfonamides is 1. The molecule has 0 amide bonds. The van der Waals surface area contributed by atoms with Crippen LogP contribution in [0.2, 0.25) is 0 Å². The predicted octanol–water partition coefficient (Wildman–Crippen LogP) is 1.82. The molecule has 0 fully saturated rings. The fraction of sp³-hybridized carbons (Fsp3) is 0.538. The second-order valence-corrected chi connectivity index (χ2v) is 5.99. The highest BCUT2D eigenvalue weighted by atomic mass is 32.2. The Morgan fingerprint density at radius 1 is 1.32 bits per heavy atom. The summed E-state index contributed by atoms with van der Waals surface area (Å²) < 4.78 is 32.5. The summed E-state index contributed by atoms with van der Waals surface area (Å²) in [7, 11) is -0.270. The van der Waals surface area contributed by atoms with Crippen LogP contribution in [0.4, 0.5) is 5.69 Å². The van der Waals surface area contributed by atoms with Gasteiger partial charge < -0.3 is 10.1 Å². The molecule has 0 bridgehead atoms. The van der Waals surface area contributed by atoms with Crippen molar-refractivity contribution in [2.24, 2.45) is 0 Å². The van der Waals surface area contributed by atoms with Crippen molar-refractivity contribution < 1.29 is 13.2 Å². The Labute approximate surface area is 115 Å². The summed E-state index contributed by atoms with van der Waals surface area (Å²) in [5, 5.41) is 2.89. The molecule has 0 saturated carbocycles. The molecule has 1 aromatic carbocycles. The van der Waals surface area contributed by atoms with E-state index >= 15 is 0 Å². The van der Waals surface area contributed by atoms with Gasteiger partial charge in [0.25, 0.3) is 0 Å². The third-order valence-electron chi connectivity index (χ3n) is 2.77. The zero-order valence-corrected chi connectivity index (χ0v) is 12.5. The van der Waals surface area contributed by atoms with Gasteiger partial charge >= 0.3 is 0 Å². The van der Waals surface area contributed by atoms with Gasteiger partial charge in [0.1, 0.15) is 4.90 Å². The average Bonchev–Trinajstić information content (AvgIpc) is 2.39. The van der Waals surface area contributed by atoms with Crippen LogP contribution < -0.4 is 10.0 Å². The first-order valence-electron chi connectivity index (χ1n) is 6.33. The first-order chi connectivity index (χ1) is 9.05. The Balaban J connectivity index is 2.96. The highest BCUT2D eigenvalue weighted by molar-refractivity contribution is 7.89. The van der Waals surface area contributed by atoms with Gasteiger partial charge in [-0.1, -0.05) is 25.5 Å². The maximum absolute atomic E-state index is 12.4. The Hall–Kier alpha value is -1.11. The van der Waals surface area contributed by atoms with Crippen molar-refractivity contribution in [2.75, 3.05) is 26.1 Å². The van der Waals surface area contributed by atoms with Crippen LogP contribution in [0.15, 0.2) is 29.2 Å². The lowest BCUT2D eigenvalue weighted by Crippen LogP contribution is -2.38. The van der Waals surface area contributed by atoms with Gasteiger partial charge in [-0.15, -0.1) is 0 Å². The first-order valence-corrected chi connectivity index (χ1v) is 7.81. The fourth-order valence-electron chi connectivity index (χ4n) is 1.92. The van der Waals surface area contributed by atoms with Gasteiger partial charge in [0, 0.05) is 20.2 Å². The molecular formula is C13H22N2O3S. The van der Waals surface area contributed by atoms with Crippen LogP contribution in [-0.4, -0.2) is 35.2 Å². The lowest BCUT2D eigenvalue weighted by molar-refractivity contribution is 0.171. The molecule has 0 aromatic heterocycles. The third kappa shape index (κ3) is 4.49. The van der Waals surface area contributed by atoms with E-state index < -0.39 is 10.0 Å². The van der Waals surface area contributed by atoms with Crippen LogP contribution in [-0.2, 0) is 14.8 Å². The largest absolute Gasteiger partial charge is 0.387 e. The summed E-state index contributed by atoms with van der Waals surface area (Å²) in [5.74, 6) is 0. The lowest BCUT2D eigenvalue weighted by atomic mass is 10.2. The fourth-order valence-corrected chi connectivity index (χ4v) is 3.39. The minimum Gasteiger partial charge on any atom is -0.387 e. The minimum absolute atomic E-state index is 0.204. The van der Waals surface area contributed by atoms with Gasteiger partial charge in [0.15, 0.2) is 0 Å². The zero-order valence-electron chi connectivity index (χ0n) is 11.6. The predicted molar refractivity (Wildman–Crippen MR) is 76.9 cm³/mol.